The molecule has 0 radical (unpaired) electrons. The van der Waals surface area contributed by atoms with Gasteiger partial charge in [-0.3, -0.25) is 9.69 Å². The number of benzene rings is 1. The molecule has 1 rings (SSSR count). The number of carbonyl (C=O) groups is 1. The summed E-state index contributed by atoms with van der Waals surface area (Å²) >= 11 is 3.35. The van der Waals surface area contributed by atoms with Gasteiger partial charge in [0.2, 0.25) is 0 Å². The molecule has 100 valence electrons. The van der Waals surface area contributed by atoms with Gasteiger partial charge >= 0.3 is 5.97 Å². The monoisotopic (exact) mass is 315 g/mol. The average molecular weight is 316 g/mol. The number of rotatable bonds is 7. The van der Waals surface area contributed by atoms with Gasteiger partial charge in [-0.15, -0.1) is 0 Å². The van der Waals surface area contributed by atoms with Crippen molar-refractivity contribution in [3.63, 3.8) is 0 Å². The number of carboxylic acid groups (broad SMARTS) is 1. The third-order valence-electron chi connectivity index (χ3n) is 2.77. The molecule has 0 aliphatic heterocycles. The summed E-state index contributed by atoms with van der Waals surface area (Å²) in [6, 6.07) is 7.09. The van der Waals surface area contributed by atoms with Crippen LogP contribution in [0.15, 0.2) is 28.7 Å². The van der Waals surface area contributed by atoms with Gasteiger partial charge in [-0.2, -0.15) is 0 Å². The fourth-order valence-electron chi connectivity index (χ4n) is 1.59. The van der Waals surface area contributed by atoms with Gasteiger partial charge in [0, 0.05) is 11.0 Å². The Hall–Kier alpha value is -1.07. The van der Waals surface area contributed by atoms with Crippen LogP contribution in [0.2, 0.25) is 0 Å². The summed E-state index contributed by atoms with van der Waals surface area (Å²) in [7, 11) is 0. The summed E-state index contributed by atoms with van der Waals surface area (Å²) in [5.74, 6) is -0.0160. The molecule has 0 amide bonds. The van der Waals surface area contributed by atoms with Crippen LogP contribution >= 0.6 is 15.9 Å². The van der Waals surface area contributed by atoms with E-state index in [1.807, 2.05) is 36.1 Å². The van der Waals surface area contributed by atoms with E-state index in [1.165, 1.54) is 0 Å². The Morgan fingerprint density at radius 2 is 2.06 bits per heavy atom. The highest BCUT2D eigenvalue weighted by molar-refractivity contribution is 9.10. The van der Waals surface area contributed by atoms with Crippen LogP contribution in [-0.2, 0) is 4.79 Å². The third-order valence-corrected chi connectivity index (χ3v) is 3.30. The normalized spacial score (nSPS) is 12.4. The van der Waals surface area contributed by atoms with Crippen LogP contribution in [0.4, 0.5) is 0 Å². The van der Waals surface area contributed by atoms with E-state index in [0.717, 1.165) is 10.2 Å². The Balaban J connectivity index is 2.40. The minimum atomic E-state index is -0.805. The van der Waals surface area contributed by atoms with E-state index < -0.39 is 12.0 Å². The lowest BCUT2D eigenvalue weighted by molar-refractivity contribution is -0.142. The molecule has 0 fully saturated rings. The first-order chi connectivity index (χ1) is 8.54. The Bertz CT molecular complexity index is 380. The van der Waals surface area contributed by atoms with Gasteiger partial charge in [-0.1, -0.05) is 22.9 Å². The van der Waals surface area contributed by atoms with E-state index in [-0.39, 0.29) is 0 Å². The quantitative estimate of drug-likeness (QED) is 0.840. The zero-order chi connectivity index (χ0) is 13.5. The lowest BCUT2D eigenvalue weighted by atomic mass is 10.3. The molecule has 0 saturated heterocycles. The minimum absolute atomic E-state index is 0.479. The van der Waals surface area contributed by atoms with Gasteiger partial charge in [0.1, 0.15) is 18.4 Å². The van der Waals surface area contributed by atoms with Gasteiger partial charge in [-0.05, 0) is 37.7 Å². The van der Waals surface area contributed by atoms with E-state index in [2.05, 4.69) is 15.9 Å². The van der Waals surface area contributed by atoms with E-state index in [9.17, 15) is 4.79 Å². The smallest absolute Gasteiger partial charge is 0.320 e. The van der Waals surface area contributed by atoms with Crippen LogP contribution < -0.4 is 4.74 Å². The van der Waals surface area contributed by atoms with Crippen LogP contribution in [0, 0.1) is 0 Å². The summed E-state index contributed by atoms with van der Waals surface area (Å²) in [5, 5.41) is 8.94. The number of likely N-dealkylation sites (N-methyl/N-ethyl adjacent to an activating group) is 1. The maximum atomic E-state index is 10.9. The lowest BCUT2D eigenvalue weighted by Gasteiger charge is -2.24. The number of hydrogen-bond donors (Lipinski definition) is 1. The molecule has 0 unspecified atom stereocenters. The highest BCUT2D eigenvalue weighted by atomic mass is 79.9. The Morgan fingerprint density at radius 3 is 2.56 bits per heavy atom. The predicted molar refractivity (Wildman–Crippen MR) is 74.0 cm³/mol. The fraction of sp³-hybridized carbons (Fsp3) is 0.462. The SMILES string of the molecule is CCN(CCOc1ccc(Br)cc1)[C@H](C)C(=O)O. The van der Waals surface area contributed by atoms with Crippen LogP contribution in [-0.4, -0.2) is 41.7 Å². The summed E-state index contributed by atoms with van der Waals surface area (Å²) in [6.07, 6.45) is 0. The number of carboxylic acids is 1. The number of ether oxygens (including phenoxy) is 1. The maximum absolute atomic E-state index is 10.9. The third kappa shape index (κ3) is 4.66. The maximum Gasteiger partial charge on any atom is 0.320 e. The molecule has 0 aliphatic carbocycles. The van der Waals surface area contributed by atoms with Crippen molar-refractivity contribution in [3.05, 3.63) is 28.7 Å². The zero-order valence-corrected chi connectivity index (χ0v) is 12.2. The van der Waals surface area contributed by atoms with Gasteiger partial charge in [0.05, 0.1) is 0 Å². The second kappa shape index (κ2) is 7.38. The second-order valence-electron chi connectivity index (χ2n) is 3.95. The summed E-state index contributed by atoms with van der Waals surface area (Å²) < 4.78 is 6.57. The molecule has 0 aliphatic rings. The van der Waals surface area contributed by atoms with Gasteiger partial charge in [0.25, 0.3) is 0 Å². The number of halogens is 1. The lowest BCUT2D eigenvalue weighted by Crippen LogP contribution is -2.41. The predicted octanol–water partition coefficient (Wildman–Crippen LogP) is 2.62. The summed E-state index contributed by atoms with van der Waals surface area (Å²) in [5.41, 5.74) is 0. The topological polar surface area (TPSA) is 49.8 Å². The number of hydrogen-bond acceptors (Lipinski definition) is 3. The minimum Gasteiger partial charge on any atom is -0.492 e. The number of nitrogens with zero attached hydrogens (tertiary/aromatic N) is 1. The standard InChI is InChI=1S/C13H18BrNO3/c1-3-15(10(2)13(16)17)8-9-18-12-6-4-11(14)5-7-12/h4-7,10H,3,8-9H2,1-2H3,(H,16,17)/t10-/m1/s1. The van der Waals surface area contributed by atoms with Gasteiger partial charge < -0.3 is 9.84 Å². The van der Waals surface area contributed by atoms with Crippen molar-refractivity contribution in [1.82, 2.24) is 4.90 Å². The van der Waals surface area contributed by atoms with Crippen LogP contribution in [0.1, 0.15) is 13.8 Å². The van der Waals surface area contributed by atoms with E-state index in [1.54, 1.807) is 6.92 Å². The van der Waals surface area contributed by atoms with Crippen molar-refractivity contribution < 1.29 is 14.6 Å². The molecule has 1 aromatic carbocycles. The second-order valence-corrected chi connectivity index (χ2v) is 4.86. The molecular weight excluding hydrogens is 298 g/mol. The van der Waals surface area contributed by atoms with Gasteiger partial charge in [-0.25, -0.2) is 0 Å². The van der Waals surface area contributed by atoms with E-state index in [4.69, 9.17) is 9.84 Å². The first-order valence-electron chi connectivity index (χ1n) is 5.89. The van der Waals surface area contributed by atoms with E-state index >= 15 is 0 Å². The molecule has 4 nitrogen and oxygen atoms in total. The first-order valence-corrected chi connectivity index (χ1v) is 6.69. The summed E-state index contributed by atoms with van der Waals surface area (Å²) in [4.78, 5) is 12.7. The van der Waals surface area contributed by atoms with Crippen molar-refractivity contribution in [2.45, 2.75) is 19.9 Å². The molecule has 1 atom stereocenters. The van der Waals surface area contributed by atoms with Crippen molar-refractivity contribution in [1.29, 1.82) is 0 Å². The van der Waals surface area contributed by atoms with E-state index in [0.29, 0.717) is 19.7 Å². The molecular formula is C13H18BrNO3. The number of aliphatic carboxylic acids is 1. The van der Waals surface area contributed by atoms with Crippen LogP contribution in [0.5, 0.6) is 5.75 Å². The Kier molecular flexibility index (Phi) is 6.15. The molecule has 0 saturated carbocycles. The van der Waals surface area contributed by atoms with Crippen molar-refractivity contribution in [2.24, 2.45) is 0 Å². The van der Waals surface area contributed by atoms with Crippen LogP contribution in [0.3, 0.4) is 0 Å². The fourth-order valence-corrected chi connectivity index (χ4v) is 1.86. The zero-order valence-electron chi connectivity index (χ0n) is 10.6. The molecule has 5 heteroatoms. The van der Waals surface area contributed by atoms with Crippen molar-refractivity contribution in [3.8, 4) is 5.75 Å². The summed E-state index contributed by atoms with van der Waals surface area (Å²) in [6.45, 7) is 5.40. The first kappa shape index (κ1) is 15.0. The Labute approximate surface area is 116 Å². The van der Waals surface area contributed by atoms with Crippen molar-refractivity contribution >= 4 is 21.9 Å². The van der Waals surface area contributed by atoms with Crippen molar-refractivity contribution in [2.75, 3.05) is 19.7 Å². The van der Waals surface area contributed by atoms with Gasteiger partial charge in [0.15, 0.2) is 0 Å². The molecule has 0 bridgehead atoms. The Morgan fingerprint density at radius 1 is 1.44 bits per heavy atom. The highest BCUT2D eigenvalue weighted by Gasteiger charge is 2.18. The average Bonchev–Trinajstić information content (AvgIpc) is 2.36. The highest BCUT2D eigenvalue weighted by Crippen LogP contribution is 2.16. The van der Waals surface area contributed by atoms with Crippen LogP contribution in [0.25, 0.3) is 0 Å². The molecule has 1 N–H and O–H groups in total. The largest absolute Gasteiger partial charge is 0.492 e. The molecule has 0 spiro atoms. The molecule has 18 heavy (non-hydrogen) atoms. The molecule has 0 heterocycles. The molecule has 1 aromatic rings. The molecule has 0 aromatic heterocycles.